The van der Waals surface area contributed by atoms with Gasteiger partial charge in [0.25, 0.3) is 0 Å². The number of hydrogen-bond donors (Lipinski definition) is 2. The molecular weight excluding hydrogens is 252 g/mol. The predicted octanol–water partition coefficient (Wildman–Crippen LogP) is -0.355. The van der Waals surface area contributed by atoms with Crippen molar-refractivity contribution in [3.63, 3.8) is 0 Å². The first-order valence-electron chi connectivity index (χ1n) is 5.27. The summed E-state index contributed by atoms with van der Waals surface area (Å²) in [5, 5.41) is 0. The normalized spacial score (nSPS) is 12.9. The van der Waals surface area contributed by atoms with E-state index in [0.717, 1.165) is 0 Å². The fourth-order valence-corrected chi connectivity index (χ4v) is 2.78. The third-order valence-corrected chi connectivity index (χ3v) is 4.84. The van der Waals surface area contributed by atoms with E-state index in [1.165, 1.54) is 0 Å². The molecule has 0 rings (SSSR count). The summed E-state index contributed by atoms with van der Waals surface area (Å²) in [6.07, 6.45) is 1.01. The zero-order valence-corrected chi connectivity index (χ0v) is 11.3. The molecule has 0 aliphatic carbocycles. The summed E-state index contributed by atoms with van der Waals surface area (Å²) in [6.45, 7) is 3.85. The van der Waals surface area contributed by atoms with Crippen LogP contribution in [0.25, 0.3) is 0 Å². The predicted molar refractivity (Wildman–Crippen MR) is 64.2 cm³/mol. The van der Waals surface area contributed by atoms with Crippen LogP contribution in [-0.4, -0.2) is 41.4 Å². The van der Waals surface area contributed by atoms with Gasteiger partial charge in [-0.15, -0.1) is 0 Å². The Balaban J connectivity index is 3.70. The van der Waals surface area contributed by atoms with Crippen molar-refractivity contribution < 1.29 is 16.8 Å². The highest BCUT2D eigenvalue weighted by atomic mass is 32.2. The van der Waals surface area contributed by atoms with Crippen LogP contribution in [0.5, 0.6) is 0 Å². The summed E-state index contributed by atoms with van der Waals surface area (Å²) in [7, 11) is -6.35. The molecule has 0 heterocycles. The summed E-state index contributed by atoms with van der Waals surface area (Å²) in [4.78, 5) is 0. The molecular formula is C8H20N2O4S2. The highest BCUT2D eigenvalue weighted by Gasteiger charge is 2.08. The van der Waals surface area contributed by atoms with Crippen molar-refractivity contribution in [3.8, 4) is 0 Å². The average Bonchev–Trinajstić information content (AvgIpc) is 2.17. The highest BCUT2D eigenvalue weighted by Crippen LogP contribution is 1.89. The molecule has 6 nitrogen and oxygen atoms in total. The summed E-state index contributed by atoms with van der Waals surface area (Å²) in [5.74, 6) is 0.141. The van der Waals surface area contributed by atoms with Gasteiger partial charge in [0.05, 0.1) is 11.5 Å². The van der Waals surface area contributed by atoms with Crippen LogP contribution < -0.4 is 9.44 Å². The third-order valence-electron chi connectivity index (χ3n) is 1.85. The maximum absolute atomic E-state index is 11.2. The molecule has 0 aromatic rings. The van der Waals surface area contributed by atoms with Crippen LogP contribution in [0.15, 0.2) is 0 Å². The van der Waals surface area contributed by atoms with Gasteiger partial charge in [-0.25, -0.2) is 26.3 Å². The van der Waals surface area contributed by atoms with Gasteiger partial charge in [0.2, 0.25) is 20.0 Å². The van der Waals surface area contributed by atoms with Crippen molar-refractivity contribution in [2.75, 3.05) is 24.6 Å². The second-order valence-electron chi connectivity index (χ2n) is 3.36. The number of rotatable bonds is 9. The lowest BCUT2D eigenvalue weighted by atomic mass is 10.4. The second-order valence-corrected chi connectivity index (χ2v) is 7.39. The van der Waals surface area contributed by atoms with Gasteiger partial charge in [0, 0.05) is 13.1 Å². The van der Waals surface area contributed by atoms with Crippen molar-refractivity contribution in [2.24, 2.45) is 0 Å². The lowest BCUT2D eigenvalue weighted by molar-refractivity contribution is 0.572. The van der Waals surface area contributed by atoms with E-state index in [9.17, 15) is 16.8 Å². The van der Waals surface area contributed by atoms with Gasteiger partial charge in [0.1, 0.15) is 0 Å². The maximum Gasteiger partial charge on any atom is 0.211 e. The summed E-state index contributed by atoms with van der Waals surface area (Å²) in [5.41, 5.74) is 0. The van der Waals surface area contributed by atoms with Crippen LogP contribution in [0.3, 0.4) is 0 Å². The standard InChI is InChI=1S/C8H20N2O4S2/c1-3-8-16(13,14)10-7-5-6-9-15(11,12)4-2/h9-10H,3-8H2,1-2H3. The summed E-state index contributed by atoms with van der Waals surface area (Å²) in [6, 6.07) is 0. The van der Waals surface area contributed by atoms with Crippen molar-refractivity contribution in [1.82, 2.24) is 9.44 Å². The van der Waals surface area contributed by atoms with Crippen molar-refractivity contribution >= 4 is 20.0 Å². The number of hydrogen-bond acceptors (Lipinski definition) is 4. The molecule has 0 spiro atoms. The lowest BCUT2D eigenvalue weighted by Crippen LogP contribution is -2.31. The topological polar surface area (TPSA) is 92.3 Å². The molecule has 0 aromatic heterocycles. The first kappa shape index (κ1) is 15.8. The van der Waals surface area contributed by atoms with E-state index in [4.69, 9.17) is 0 Å². The smallest absolute Gasteiger partial charge is 0.211 e. The first-order valence-corrected chi connectivity index (χ1v) is 8.58. The van der Waals surface area contributed by atoms with E-state index in [0.29, 0.717) is 12.8 Å². The van der Waals surface area contributed by atoms with E-state index < -0.39 is 20.0 Å². The molecule has 16 heavy (non-hydrogen) atoms. The van der Waals surface area contributed by atoms with Crippen molar-refractivity contribution in [1.29, 1.82) is 0 Å². The van der Waals surface area contributed by atoms with Gasteiger partial charge in [-0.1, -0.05) is 6.92 Å². The fourth-order valence-electron chi connectivity index (χ4n) is 0.987. The quantitative estimate of drug-likeness (QED) is 0.561. The molecule has 98 valence electrons. The lowest BCUT2D eigenvalue weighted by Gasteiger charge is -2.06. The summed E-state index contributed by atoms with van der Waals surface area (Å²) >= 11 is 0. The average molecular weight is 272 g/mol. The van der Waals surface area contributed by atoms with Crippen LogP contribution in [0, 0.1) is 0 Å². The van der Waals surface area contributed by atoms with Crippen LogP contribution in [0.2, 0.25) is 0 Å². The Kier molecular flexibility index (Phi) is 7.12. The molecule has 0 bridgehead atoms. The monoisotopic (exact) mass is 272 g/mol. The Hall–Kier alpha value is -0.180. The van der Waals surface area contributed by atoms with E-state index >= 15 is 0 Å². The molecule has 0 unspecified atom stereocenters. The molecule has 0 saturated heterocycles. The third kappa shape index (κ3) is 8.03. The van der Waals surface area contributed by atoms with Crippen LogP contribution in [-0.2, 0) is 20.0 Å². The van der Waals surface area contributed by atoms with E-state index in [2.05, 4.69) is 9.44 Å². The summed E-state index contributed by atoms with van der Waals surface area (Å²) < 4.78 is 49.2. The first-order chi connectivity index (χ1) is 7.33. The Labute approximate surface area is 97.9 Å². The zero-order chi connectivity index (χ0) is 12.7. The van der Waals surface area contributed by atoms with Gasteiger partial charge in [0.15, 0.2) is 0 Å². The van der Waals surface area contributed by atoms with Gasteiger partial charge in [-0.2, -0.15) is 0 Å². The Morgan fingerprint density at radius 1 is 0.875 bits per heavy atom. The second kappa shape index (κ2) is 7.21. The molecule has 2 N–H and O–H groups in total. The molecule has 0 atom stereocenters. The maximum atomic E-state index is 11.2. The fraction of sp³-hybridized carbons (Fsp3) is 1.00. The van der Waals surface area contributed by atoms with Crippen LogP contribution >= 0.6 is 0 Å². The minimum atomic E-state index is -3.18. The van der Waals surface area contributed by atoms with E-state index in [-0.39, 0.29) is 24.6 Å². The molecule has 0 aromatic carbocycles. The molecule has 0 radical (unpaired) electrons. The Morgan fingerprint density at radius 3 is 1.81 bits per heavy atom. The zero-order valence-electron chi connectivity index (χ0n) is 9.69. The molecule has 0 aliphatic rings. The molecule has 8 heteroatoms. The van der Waals surface area contributed by atoms with Crippen LogP contribution in [0.1, 0.15) is 26.7 Å². The van der Waals surface area contributed by atoms with Gasteiger partial charge in [-0.05, 0) is 19.8 Å². The minimum Gasteiger partial charge on any atom is -0.215 e. The number of sulfonamides is 2. The van der Waals surface area contributed by atoms with Gasteiger partial charge in [-0.3, -0.25) is 0 Å². The Bertz CT molecular complexity index is 375. The van der Waals surface area contributed by atoms with Gasteiger partial charge >= 0.3 is 0 Å². The molecule has 0 fully saturated rings. The number of nitrogens with one attached hydrogen (secondary N) is 2. The van der Waals surface area contributed by atoms with E-state index in [1.54, 1.807) is 13.8 Å². The van der Waals surface area contributed by atoms with Crippen molar-refractivity contribution in [3.05, 3.63) is 0 Å². The minimum absolute atomic E-state index is 0.0363. The molecule has 0 aliphatic heterocycles. The van der Waals surface area contributed by atoms with Crippen LogP contribution in [0.4, 0.5) is 0 Å². The van der Waals surface area contributed by atoms with Crippen molar-refractivity contribution in [2.45, 2.75) is 26.7 Å². The molecule has 0 amide bonds. The SMILES string of the molecule is CCCS(=O)(=O)NCCCNS(=O)(=O)CC. The van der Waals surface area contributed by atoms with Gasteiger partial charge < -0.3 is 0 Å². The Morgan fingerprint density at radius 2 is 1.38 bits per heavy atom. The highest BCUT2D eigenvalue weighted by molar-refractivity contribution is 7.89. The van der Waals surface area contributed by atoms with E-state index in [1.807, 2.05) is 0 Å². The largest absolute Gasteiger partial charge is 0.215 e. The molecule has 0 saturated carbocycles.